The van der Waals surface area contributed by atoms with Gasteiger partial charge in [-0.2, -0.15) is 0 Å². The van der Waals surface area contributed by atoms with Crippen LogP contribution in [-0.2, 0) is 0 Å². The molecule has 1 rings (SSSR count). The molecule has 0 fully saturated rings. The van der Waals surface area contributed by atoms with Crippen molar-refractivity contribution in [2.24, 2.45) is 0 Å². The molecule has 0 aliphatic heterocycles. The van der Waals surface area contributed by atoms with Gasteiger partial charge in [0, 0.05) is 12.2 Å². The number of hydrogen-bond acceptors (Lipinski definition) is 4. The number of aliphatic hydroxyl groups excluding tert-OH is 1. The van der Waals surface area contributed by atoms with Crippen LogP contribution in [0.4, 0.5) is 5.69 Å². The predicted octanol–water partition coefficient (Wildman–Crippen LogP) is 0.395. The number of halogens is 1. The van der Waals surface area contributed by atoms with E-state index >= 15 is 0 Å². The van der Waals surface area contributed by atoms with Gasteiger partial charge in [0.1, 0.15) is 5.60 Å². The Balaban J connectivity index is 2.78. The number of nitrogens with one attached hydrogen (secondary N) is 1. The maximum absolute atomic E-state index is 11.8. The summed E-state index contributed by atoms with van der Waals surface area (Å²) in [6.45, 7) is 0.863. The Morgan fingerprint density at radius 2 is 2.24 bits per heavy atom. The molecule has 1 aromatic carbocycles. The van der Waals surface area contributed by atoms with Crippen molar-refractivity contribution in [3.63, 3.8) is 0 Å². The van der Waals surface area contributed by atoms with Gasteiger partial charge in [0.25, 0.3) is 5.91 Å². The number of carbonyl (C=O) groups excluding carboxylic acids is 1. The number of benzene rings is 1. The van der Waals surface area contributed by atoms with Gasteiger partial charge in [0.05, 0.1) is 17.2 Å². The van der Waals surface area contributed by atoms with Crippen molar-refractivity contribution in [3.8, 4) is 0 Å². The number of rotatable bonds is 4. The first-order chi connectivity index (χ1) is 7.87. The summed E-state index contributed by atoms with van der Waals surface area (Å²) in [5, 5.41) is 21.1. The van der Waals surface area contributed by atoms with Crippen molar-refractivity contribution in [1.29, 1.82) is 0 Å². The molecule has 1 atom stereocenters. The molecular formula is C11H15ClN2O3. The normalized spacial score (nSPS) is 14.1. The fourth-order valence-corrected chi connectivity index (χ4v) is 1.46. The monoisotopic (exact) mass is 258 g/mol. The van der Waals surface area contributed by atoms with E-state index in [2.05, 4.69) is 5.32 Å². The molecule has 1 amide bonds. The van der Waals surface area contributed by atoms with Crippen LogP contribution in [0.15, 0.2) is 18.2 Å². The highest BCUT2D eigenvalue weighted by atomic mass is 35.5. The van der Waals surface area contributed by atoms with E-state index in [9.17, 15) is 9.90 Å². The molecule has 17 heavy (non-hydrogen) atoms. The van der Waals surface area contributed by atoms with Crippen LogP contribution in [-0.4, -0.2) is 34.9 Å². The van der Waals surface area contributed by atoms with Crippen LogP contribution in [0.1, 0.15) is 17.3 Å². The smallest absolute Gasteiger partial charge is 0.254 e. The number of hydrogen-bond donors (Lipinski definition) is 4. The van der Waals surface area contributed by atoms with E-state index in [1.54, 1.807) is 18.2 Å². The summed E-state index contributed by atoms with van der Waals surface area (Å²) >= 11 is 5.86. The van der Waals surface area contributed by atoms with Crippen molar-refractivity contribution in [2.45, 2.75) is 12.5 Å². The summed E-state index contributed by atoms with van der Waals surface area (Å²) < 4.78 is 0. The van der Waals surface area contributed by atoms with Crippen LogP contribution in [0.25, 0.3) is 0 Å². The van der Waals surface area contributed by atoms with Crippen molar-refractivity contribution >= 4 is 23.2 Å². The summed E-state index contributed by atoms with van der Waals surface area (Å²) in [5.41, 5.74) is 4.70. The van der Waals surface area contributed by atoms with Crippen LogP contribution in [0.3, 0.4) is 0 Å². The Kier molecular flexibility index (Phi) is 4.34. The lowest BCUT2D eigenvalue weighted by Gasteiger charge is -2.21. The quantitative estimate of drug-likeness (QED) is 0.588. The van der Waals surface area contributed by atoms with Gasteiger partial charge in [-0.3, -0.25) is 4.79 Å². The topological polar surface area (TPSA) is 95.6 Å². The van der Waals surface area contributed by atoms with Gasteiger partial charge in [0.15, 0.2) is 0 Å². The van der Waals surface area contributed by atoms with Gasteiger partial charge in [-0.15, -0.1) is 0 Å². The molecule has 0 saturated heterocycles. The largest absolute Gasteiger partial charge is 0.398 e. The fourth-order valence-electron chi connectivity index (χ4n) is 1.20. The molecule has 5 N–H and O–H groups in total. The Morgan fingerprint density at radius 1 is 1.59 bits per heavy atom. The van der Waals surface area contributed by atoms with Crippen LogP contribution >= 0.6 is 11.6 Å². The Bertz CT molecular complexity index is 401. The van der Waals surface area contributed by atoms with Crippen LogP contribution in [0.5, 0.6) is 0 Å². The lowest BCUT2D eigenvalue weighted by Crippen LogP contribution is -2.43. The molecular weight excluding hydrogens is 244 g/mol. The molecule has 0 aliphatic carbocycles. The van der Waals surface area contributed by atoms with E-state index in [4.69, 9.17) is 22.4 Å². The Labute approximate surface area is 104 Å². The third-order valence-corrected chi connectivity index (χ3v) is 2.56. The van der Waals surface area contributed by atoms with E-state index in [0.717, 1.165) is 0 Å². The SMILES string of the molecule is CC(O)(CO)CNC(=O)c1c(N)cccc1Cl. The van der Waals surface area contributed by atoms with Crippen molar-refractivity contribution in [1.82, 2.24) is 5.32 Å². The second-order valence-corrected chi connectivity index (χ2v) is 4.45. The van der Waals surface area contributed by atoms with Gasteiger partial charge >= 0.3 is 0 Å². The molecule has 5 nitrogen and oxygen atoms in total. The highest BCUT2D eigenvalue weighted by Crippen LogP contribution is 2.21. The van der Waals surface area contributed by atoms with E-state index in [0.29, 0.717) is 0 Å². The van der Waals surface area contributed by atoms with Gasteiger partial charge in [-0.05, 0) is 19.1 Å². The Hall–Kier alpha value is -1.30. The highest BCUT2D eigenvalue weighted by Gasteiger charge is 2.21. The average Bonchev–Trinajstić information content (AvgIpc) is 2.26. The molecule has 0 heterocycles. The van der Waals surface area contributed by atoms with E-state index in [-0.39, 0.29) is 22.8 Å². The lowest BCUT2D eigenvalue weighted by molar-refractivity contribution is 0.00321. The van der Waals surface area contributed by atoms with Gasteiger partial charge < -0.3 is 21.3 Å². The second kappa shape index (κ2) is 5.35. The van der Waals surface area contributed by atoms with E-state index in [1.165, 1.54) is 6.92 Å². The number of aliphatic hydroxyl groups is 2. The third kappa shape index (κ3) is 3.59. The first kappa shape index (κ1) is 13.8. The van der Waals surface area contributed by atoms with Crippen molar-refractivity contribution in [3.05, 3.63) is 28.8 Å². The molecule has 1 unspecified atom stereocenters. The molecule has 6 heteroatoms. The van der Waals surface area contributed by atoms with Gasteiger partial charge in [0.2, 0.25) is 0 Å². The maximum atomic E-state index is 11.8. The van der Waals surface area contributed by atoms with Crippen molar-refractivity contribution in [2.75, 3.05) is 18.9 Å². The Morgan fingerprint density at radius 3 is 2.76 bits per heavy atom. The van der Waals surface area contributed by atoms with Crippen LogP contribution in [0.2, 0.25) is 5.02 Å². The number of anilines is 1. The number of nitrogen functional groups attached to an aromatic ring is 1. The lowest BCUT2D eigenvalue weighted by atomic mass is 10.1. The standard InChI is InChI=1S/C11H15ClN2O3/c1-11(17,6-15)5-14-10(16)9-7(12)3-2-4-8(9)13/h2-4,15,17H,5-6,13H2,1H3,(H,14,16). The van der Waals surface area contributed by atoms with Crippen LogP contribution in [0, 0.1) is 0 Å². The summed E-state index contributed by atoms with van der Waals surface area (Å²) in [5.74, 6) is -0.484. The molecule has 94 valence electrons. The fraction of sp³-hybridized carbons (Fsp3) is 0.364. The number of carbonyl (C=O) groups is 1. The summed E-state index contributed by atoms with van der Waals surface area (Å²) in [6, 6.07) is 4.75. The molecule has 0 aliphatic rings. The van der Waals surface area contributed by atoms with E-state index < -0.39 is 18.1 Å². The average molecular weight is 259 g/mol. The number of nitrogens with two attached hydrogens (primary N) is 1. The molecule has 1 aromatic rings. The molecule has 0 radical (unpaired) electrons. The maximum Gasteiger partial charge on any atom is 0.254 e. The molecule has 0 bridgehead atoms. The summed E-state index contributed by atoms with van der Waals surface area (Å²) in [7, 11) is 0. The predicted molar refractivity (Wildman–Crippen MR) is 65.9 cm³/mol. The zero-order valence-corrected chi connectivity index (χ0v) is 10.2. The summed E-state index contributed by atoms with van der Waals surface area (Å²) in [4.78, 5) is 11.8. The first-order valence-electron chi connectivity index (χ1n) is 5.03. The summed E-state index contributed by atoms with van der Waals surface area (Å²) in [6.07, 6.45) is 0. The third-order valence-electron chi connectivity index (χ3n) is 2.24. The van der Waals surface area contributed by atoms with Crippen molar-refractivity contribution < 1.29 is 15.0 Å². The number of amides is 1. The zero-order valence-electron chi connectivity index (χ0n) is 9.40. The zero-order chi connectivity index (χ0) is 13.1. The second-order valence-electron chi connectivity index (χ2n) is 4.04. The van der Waals surface area contributed by atoms with Crippen LogP contribution < -0.4 is 11.1 Å². The molecule has 0 aromatic heterocycles. The first-order valence-corrected chi connectivity index (χ1v) is 5.40. The minimum absolute atomic E-state index is 0.0903. The minimum atomic E-state index is -1.37. The highest BCUT2D eigenvalue weighted by molar-refractivity contribution is 6.34. The molecule has 0 saturated carbocycles. The van der Waals surface area contributed by atoms with Gasteiger partial charge in [-0.1, -0.05) is 17.7 Å². The molecule has 0 spiro atoms. The minimum Gasteiger partial charge on any atom is -0.398 e. The van der Waals surface area contributed by atoms with E-state index in [1.807, 2.05) is 0 Å². The van der Waals surface area contributed by atoms with Gasteiger partial charge in [-0.25, -0.2) is 0 Å².